The zero-order valence-electron chi connectivity index (χ0n) is 10.1. The highest BCUT2D eigenvalue weighted by molar-refractivity contribution is 6.06. The zero-order valence-corrected chi connectivity index (χ0v) is 10.1. The van der Waals surface area contributed by atoms with E-state index in [0.29, 0.717) is 19.3 Å². The summed E-state index contributed by atoms with van der Waals surface area (Å²) in [6, 6.07) is 1.70. The predicted molar refractivity (Wildman–Crippen MR) is 59.2 cm³/mol. The number of carbonyl (C=O) groups is 2. The van der Waals surface area contributed by atoms with E-state index in [1.165, 1.54) is 4.90 Å². The smallest absolute Gasteiger partial charge is 0.236 e. The Kier molecular flexibility index (Phi) is 3.69. The van der Waals surface area contributed by atoms with Gasteiger partial charge in [-0.1, -0.05) is 13.8 Å². The van der Waals surface area contributed by atoms with Crippen LogP contribution in [0.3, 0.4) is 0 Å². The second-order valence-electron chi connectivity index (χ2n) is 4.44. The molecule has 0 radical (unpaired) electrons. The Morgan fingerprint density at radius 2 is 2.00 bits per heavy atom. The van der Waals surface area contributed by atoms with Gasteiger partial charge in [-0.05, 0) is 19.8 Å². The molecule has 0 saturated carbocycles. The van der Waals surface area contributed by atoms with Crippen LogP contribution < -0.4 is 0 Å². The van der Waals surface area contributed by atoms with Crippen LogP contribution in [-0.2, 0) is 9.59 Å². The van der Waals surface area contributed by atoms with Crippen LogP contribution in [0.5, 0.6) is 0 Å². The summed E-state index contributed by atoms with van der Waals surface area (Å²) in [4.78, 5) is 25.3. The van der Waals surface area contributed by atoms with Crippen molar-refractivity contribution in [3.05, 3.63) is 0 Å². The third-order valence-corrected chi connectivity index (χ3v) is 3.61. The Labute approximate surface area is 96.2 Å². The van der Waals surface area contributed by atoms with Crippen molar-refractivity contribution >= 4 is 11.8 Å². The predicted octanol–water partition coefficient (Wildman–Crippen LogP) is 1.85. The molecule has 0 N–H and O–H groups in total. The van der Waals surface area contributed by atoms with E-state index in [4.69, 9.17) is 5.26 Å². The summed E-state index contributed by atoms with van der Waals surface area (Å²) in [5.74, 6) is -0.221. The molecule has 0 aromatic carbocycles. The lowest BCUT2D eigenvalue weighted by Crippen LogP contribution is -2.40. The van der Waals surface area contributed by atoms with Crippen LogP contribution in [0, 0.1) is 16.7 Å². The quantitative estimate of drug-likeness (QED) is 0.682. The highest BCUT2D eigenvalue weighted by atomic mass is 16.2. The summed E-state index contributed by atoms with van der Waals surface area (Å²) in [5.41, 5.74) is -0.513. The van der Waals surface area contributed by atoms with Crippen molar-refractivity contribution in [2.75, 3.05) is 0 Å². The highest BCUT2D eigenvalue weighted by Crippen LogP contribution is 2.40. The molecule has 2 amide bonds. The molecule has 4 heteroatoms. The molecular weight excluding hydrogens is 204 g/mol. The van der Waals surface area contributed by atoms with E-state index in [1.807, 2.05) is 19.9 Å². The molecule has 16 heavy (non-hydrogen) atoms. The minimum Gasteiger partial charge on any atom is -0.278 e. The van der Waals surface area contributed by atoms with Crippen molar-refractivity contribution in [2.45, 2.75) is 52.5 Å². The molecule has 1 saturated heterocycles. The average Bonchev–Trinajstić information content (AvgIpc) is 2.51. The molecule has 0 aromatic rings. The standard InChI is InChI=1S/C12H18N2O2/c1-4-12(5-2)8-10(15)14(11(12)16)9(3)6-7-13/h9H,4-6,8H2,1-3H3. The SMILES string of the molecule is CCC1(CC)CC(=O)N(C(C)CC#N)C1=O. The van der Waals surface area contributed by atoms with Crippen molar-refractivity contribution in [2.24, 2.45) is 5.41 Å². The van der Waals surface area contributed by atoms with E-state index in [2.05, 4.69) is 0 Å². The van der Waals surface area contributed by atoms with Gasteiger partial charge in [-0.2, -0.15) is 5.26 Å². The van der Waals surface area contributed by atoms with Crippen molar-refractivity contribution < 1.29 is 9.59 Å². The number of hydrogen-bond donors (Lipinski definition) is 0. The molecule has 0 spiro atoms. The molecule has 4 nitrogen and oxygen atoms in total. The lowest BCUT2D eigenvalue weighted by atomic mass is 9.81. The Morgan fingerprint density at radius 3 is 2.38 bits per heavy atom. The Bertz CT molecular complexity index is 339. The fraction of sp³-hybridized carbons (Fsp3) is 0.750. The van der Waals surface area contributed by atoms with Gasteiger partial charge in [-0.25, -0.2) is 0 Å². The van der Waals surface area contributed by atoms with Gasteiger partial charge in [-0.3, -0.25) is 14.5 Å². The maximum Gasteiger partial charge on any atom is 0.236 e. The molecule has 1 atom stereocenters. The summed E-state index contributed by atoms with van der Waals surface area (Å²) >= 11 is 0. The Balaban J connectivity index is 2.95. The molecule has 1 heterocycles. The first kappa shape index (κ1) is 12.7. The molecule has 0 bridgehead atoms. The molecule has 1 aliphatic rings. The van der Waals surface area contributed by atoms with Gasteiger partial charge in [0.25, 0.3) is 0 Å². The van der Waals surface area contributed by atoms with Crippen LogP contribution in [0.4, 0.5) is 0 Å². The van der Waals surface area contributed by atoms with Crippen LogP contribution in [0.2, 0.25) is 0 Å². The van der Waals surface area contributed by atoms with Gasteiger partial charge in [0.05, 0.1) is 17.9 Å². The van der Waals surface area contributed by atoms with Crippen LogP contribution in [0.15, 0.2) is 0 Å². The Hall–Kier alpha value is -1.37. The molecule has 1 fully saturated rings. The van der Waals surface area contributed by atoms with E-state index in [0.717, 1.165) is 0 Å². The first-order chi connectivity index (χ1) is 7.52. The first-order valence-electron chi connectivity index (χ1n) is 5.75. The summed E-state index contributed by atoms with van der Waals surface area (Å²) in [5, 5.41) is 8.61. The van der Waals surface area contributed by atoms with Gasteiger partial charge in [-0.15, -0.1) is 0 Å². The van der Waals surface area contributed by atoms with Crippen molar-refractivity contribution in [3.8, 4) is 6.07 Å². The fourth-order valence-corrected chi connectivity index (χ4v) is 2.29. The van der Waals surface area contributed by atoms with Gasteiger partial charge in [0, 0.05) is 12.5 Å². The second kappa shape index (κ2) is 4.65. The summed E-state index contributed by atoms with van der Waals surface area (Å²) in [7, 11) is 0. The lowest BCUT2D eigenvalue weighted by Gasteiger charge is -2.26. The summed E-state index contributed by atoms with van der Waals surface area (Å²) in [6.45, 7) is 5.63. The van der Waals surface area contributed by atoms with Gasteiger partial charge in [0.15, 0.2) is 0 Å². The molecule has 0 aliphatic carbocycles. The normalized spacial score (nSPS) is 21.0. The number of carbonyl (C=O) groups excluding carboxylic acids is 2. The number of nitrogens with zero attached hydrogens (tertiary/aromatic N) is 2. The van der Waals surface area contributed by atoms with Crippen molar-refractivity contribution in [1.29, 1.82) is 5.26 Å². The highest BCUT2D eigenvalue weighted by Gasteiger charge is 2.50. The molecule has 1 rings (SSSR count). The van der Waals surface area contributed by atoms with E-state index in [9.17, 15) is 9.59 Å². The molecule has 88 valence electrons. The molecular formula is C12H18N2O2. The van der Waals surface area contributed by atoms with Crippen molar-refractivity contribution in [1.82, 2.24) is 4.90 Å². The maximum atomic E-state index is 12.2. The van der Waals surface area contributed by atoms with E-state index in [-0.39, 0.29) is 24.3 Å². The molecule has 1 aliphatic heterocycles. The topological polar surface area (TPSA) is 61.2 Å². The van der Waals surface area contributed by atoms with Gasteiger partial charge >= 0.3 is 0 Å². The monoisotopic (exact) mass is 222 g/mol. The van der Waals surface area contributed by atoms with Gasteiger partial charge < -0.3 is 0 Å². The van der Waals surface area contributed by atoms with Crippen molar-refractivity contribution in [3.63, 3.8) is 0 Å². The van der Waals surface area contributed by atoms with Crippen LogP contribution in [0.25, 0.3) is 0 Å². The lowest BCUT2D eigenvalue weighted by molar-refractivity contribution is -0.143. The number of likely N-dealkylation sites (tertiary alicyclic amines) is 1. The number of amides is 2. The Morgan fingerprint density at radius 1 is 1.44 bits per heavy atom. The van der Waals surface area contributed by atoms with Crippen LogP contribution >= 0.6 is 0 Å². The second-order valence-corrected chi connectivity index (χ2v) is 4.44. The largest absolute Gasteiger partial charge is 0.278 e. The average molecular weight is 222 g/mol. The summed E-state index contributed by atoms with van der Waals surface area (Å²) in [6.07, 6.45) is 1.88. The summed E-state index contributed by atoms with van der Waals surface area (Å²) < 4.78 is 0. The third kappa shape index (κ3) is 1.82. The van der Waals surface area contributed by atoms with Gasteiger partial charge in [0.1, 0.15) is 0 Å². The molecule has 0 aromatic heterocycles. The van der Waals surface area contributed by atoms with E-state index >= 15 is 0 Å². The zero-order chi connectivity index (χ0) is 12.3. The third-order valence-electron chi connectivity index (χ3n) is 3.61. The number of rotatable bonds is 4. The first-order valence-corrected chi connectivity index (χ1v) is 5.75. The number of hydrogen-bond acceptors (Lipinski definition) is 3. The van der Waals surface area contributed by atoms with Crippen LogP contribution in [-0.4, -0.2) is 22.8 Å². The van der Waals surface area contributed by atoms with E-state index < -0.39 is 5.41 Å². The van der Waals surface area contributed by atoms with Crippen LogP contribution in [0.1, 0.15) is 46.5 Å². The minimum absolute atomic E-state index is 0.0924. The van der Waals surface area contributed by atoms with Gasteiger partial charge in [0.2, 0.25) is 11.8 Å². The number of imide groups is 1. The maximum absolute atomic E-state index is 12.2. The van der Waals surface area contributed by atoms with E-state index in [1.54, 1.807) is 6.92 Å². The molecule has 1 unspecified atom stereocenters. The fourth-order valence-electron chi connectivity index (χ4n) is 2.29. The minimum atomic E-state index is -0.513. The number of nitriles is 1.